The van der Waals surface area contributed by atoms with Crippen LogP contribution in [0.1, 0.15) is 71.3 Å². The van der Waals surface area contributed by atoms with Crippen molar-refractivity contribution in [1.82, 2.24) is 0 Å². The van der Waals surface area contributed by atoms with E-state index in [-0.39, 0.29) is 0 Å². The van der Waals surface area contributed by atoms with E-state index in [4.69, 9.17) is 4.79 Å². The number of carbonyl (C=O) groups is 2. The van der Waals surface area contributed by atoms with E-state index in [9.17, 15) is 4.79 Å². The van der Waals surface area contributed by atoms with Gasteiger partial charge in [-0.1, -0.05) is 51.1 Å². The third kappa shape index (κ3) is 9.49. The SMILES string of the molecule is C=O.CC(=O)CC1CCC(c2ccccc2)CC1.CC(C)C. The average molecular weight is 304 g/mol. The van der Waals surface area contributed by atoms with Crippen LogP contribution >= 0.6 is 0 Å². The van der Waals surface area contributed by atoms with Crippen molar-refractivity contribution < 1.29 is 9.59 Å². The van der Waals surface area contributed by atoms with Gasteiger partial charge in [-0.2, -0.15) is 0 Å². The molecule has 1 saturated carbocycles. The molecule has 0 radical (unpaired) electrons. The van der Waals surface area contributed by atoms with Crippen molar-refractivity contribution in [3.05, 3.63) is 35.9 Å². The molecule has 2 heteroatoms. The standard InChI is InChI=1S/C15H20O.C4H10.CH2O/c1-12(16)11-13-7-9-15(10-8-13)14-5-3-2-4-6-14;1-4(2)3;1-2/h2-6,13,15H,7-11H2,1H3;4H,1-3H3;1H2. The second-order valence-corrected chi connectivity index (χ2v) is 6.77. The van der Waals surface area contributed by atoms with E-state index in [0.29, 0.717) is 11.7 Å². The zero-order chi connectivity index (χ0) is 17.0. The Balaban J connectivity index is 0.000000640. The molecule has 1 fully saturated rings. The molecule has 0 heterocycles. The van der Waals surface area contributed by atoms with Gasteiger partial charge in [0.15, 0.2) is 0 Å². The first-order chi connectivity index (χ1) is 10.5. The number of benzene rings is 1. The second-order valence-electron chi connectivity index (χ2n) is 6.77. The molecule has 0 atom stereocenters. The lowest BCUT2D eigenvalue weighted by atomic mass is 9.77. The Kier molecular flexibility index (Phi) is 11.3. The topological polar surface area (TPSA) is 34.1 Å². The summed E-state index contributed by atoms with van der Waals surface area (Å²) in [4.78, 5) is 19.1. The highest BCUT2D eigenvalue weighted by molar-refractivity contribution is 5.75. The minimum Gasteiger partial charge on any atom is -0.307 e. The Bertz CT molecular complexity index is 387. The van der Waals surface area contributed by atoms with Gasteiger partial charge in [0.1, 0.15) is 12.6 Å². The van der Waals surface area contributed by atoms with Crippen LogP contribution in [0.5, 0.6) is 0 Å². The molecule has 22 heavy (non-hydrogen) atoms. The van der Waals surface area contributed by atoms with E-state index in [1.807, 2.05) is 6.79 Å². The van der Waals surface area contributed by atoms with Gasteiger partial charge in [0.25, 0.3) is 0 Å². The minimum absolute atomic E-state index is 0.350. The van der Waals surface area contributed by atoms with Gasteiger partial charge >= 0.3 is 0 Å². The lowest BCUT2D eigenvalue weighted by Gasteiger charge is -2.28. The van der Waals surface area contributed by atoms with Crippen LogP contribution in [0.4, 0.5) is 0 Å². The van der Waals surface area contributed by atoms with Gasteiger partial charge in [0, 0.05) is 6.42 Å². The smallest absolute Gasteiger partial charge is 0.130 e. The lowest BCUT2D eigenvalue weighted by molar-refractivity contribution is -0.118. The predicted octanol–water partition coefficient (Wildman–Crippen LogP) is 5.42. The fourth-order valence-corrected chi connectivity index (χ4v) is 2.83. The summed E-state index contributed by atoms with van der Waals surface area (Å²) in [6, 6.07) is 10.8. The highest BCUT2D eigenvalue weighted by Gasteiger charge is 2.22. The molecule has 0 spiro atoms. The lowest BCUT2D eigenvalue weighted by Crippen LogP contribution is -2.15. The number of carbonyl (C=O) groups excluding carboxylic acids is 2. The third-order valence-corrected chi connectivity index (χ3v) is 3.69. The maximum Gasteiger partial charge on any atom is 0.130 e. The summed E-state index contributed by atoms with van der Waals surface area (Å²) >= 11 is 0. The van der Waals surface area contributed by atoms with E-state index in [2.05, 4.69) is 51.1 Å². The van der Waals surface area contributed by atoms with E-state index in [1.54, 1.807) is 6.92 Å². The Hall–Kier alpha value is -1.44. The molecule has 0 bridgehead atoms. The van der Waals surface area contributed by atoms with Gasteiger partial charge < -0.3 is 9.59 Å². The number of rotatable bonds is 3. The highest BCUT2D eigenvalue weighted by Crippen LogP contribution is 2.36. The van der Waals surface area contributed by atoms with Crippen molar-refractivity contribution in [2.75, 3.05) is 0 Å². The first kappa shape index (κ1) is 20.6. The molecule has 0 aliphatic heterocycles. The second kappa shape index (κ2) is 12.1. The fraction of sp³-hybridized carbons (Fsp3) is 0.600. The minimum atomic E-state index is 0.350. The molecule has 2 rings (SSSR count). The summed E-state index contributed by atoms with van der Waals surface area (Å²) in [7, 11) is 0. The van der Waals surface area contributed by atoms with Crippen molar-refractivity contribution >= 4 is 12.6 Å². The molecule has 0 amide bonds. The van der Waals surface area contributed by atoms with Gasteiger partial charge in [-0.25, -0.2) is 0 Å². The van der Waals surface area contributed by atoms with Crippen molar-refractivity contribution in [1.29, 1.82) is 0 Å². The fourth-order valence-electron chi connectivity index (χ4n) is 2.83. The Morgan fingerprint density at radius 2 is 1.50 bits per heavy atom. The molecule has 1 aliphatic rings. The van der Waals surface area contributed by atoms with Crippen LogP contribution in [0, 0.1) is 11.8 Å². The van der Waals surface area contributed by atoms with Crippen LogP contribution in [0.3, 0.4) is 0 Å². The van der Waals surface area contributed by atoms with Crippen LogP contribution in [-0.2, 0) is 9.59 Å². The van der Waals surface area contributed by atoms with Crippen molar-refractivity contribution in [2.45, 2.75) is 65.7 Å². The van der Waals surface area contributed by atoms with Gasteiger partial charge in [-0.15, -0.1) is 0 Å². The summed E-state index contributed by atoms with van der Waals surface area (Å²) in [5.41, 5.74) is 1.48. The third-order valence-electron chi connectivity index (χ3n) is 3.69. The number of hydrogen-bond acceptors (Lipinski definition) is 2. The zero-order valence-electron chi connectivity index (χ0n) is 14.7. The number of hydrogen-bond donors (Lipinski definition) is 0. The van der Waals surface area contributed by atoms with Crippen LogP contribution in [-0.4, -0.2) is 12.6 Å². The monoisotopic (exact) mass is 304 g/mol. The Morgan fingerprint density at radius 3 is 1.91 bits per heavy atom. The quantitative estimate of drug-likeness (QED) is 0.747. The summed E-state index contributed by atoms with van der Waals surface area (Å²) in [6.45, 7) is 10.2. The Labute approximate surface area is 136 Å². The Morgan fingerprint density at radius 1 is 1.05 bits per heavy atom. The van der Waals surface area contributed by atoms with Gasteiger partial charge in [-0.3, -0.25) is 0 Å². The van der Waals surface area contributed by atoms with E-state index < -0.39 is 0 Å². The predicted molar refractivity (Wildman–Crippen MR) is 94.1 cm³/mol. The number of Topliss-reactive ketones (excluding diaryl/α,β-unsaturated/α-hetero) is 1. The molecule has 0 N–H and O–H groups in total. The van der Waals surface area contributed by atoms with E-state index in [1.165, 1.54) is 31.2 Å². The molecule has 0 unspecified atom stereocenters. The van der Waals surface area contributed by atoms with Gasteiger partial charge in [-0.05, 0) is 55.9 Å². The molecular weight excluding hydrogens is 272 g/mol. The molecule has 1 aliphatic carbocycles. The van der Waals surface area contributed by atoms with Crippen LogP contribution in [0.25, 0.3) is 0 Å². The molecule has 2 nitrogen and oxygen atoms in total. The van der Waals surface area contributed by atoms with Crippen LogP contribution in [0.2, 0.25) is 0 Å². The molecule has 1 aromatic rings. The first-order valence-corrected chi connectivity index (χ1v) is 8.32. The first-order valence-electron chi connectivity index (χ1n) is 8.32. The molecular formula is C20H32O2. The average Bonchev–Trinajstić information content (AvgIpc) is 2.50. The molecule has 124 valence electrons. The normalized spacial score (nSPS) is 20.2. The van der Waals surface area contributed by atoms with E-state index >= 15 is 0 Å². The molecule has 0 saturated heterocycles. The van der Waals surface area contributed by atoms with Crippen LogP contribution in [0.15, 0.2) is 30.3 Å². The summed E-state index contributed by atoms with van der Waals surface area (Å²) < 4.78 is 0. The largest absolute Gasteiger partial charge is 0.307 e. The summed E-state index contributed by atoms with van der Waals surface area (Å²) in [6.07, 6.45) is 5.74. The van der Waals surface area contributed by atoms with Crippen molar-refractivity contribution in [2.24, 2.45) is 11.8 Å². The number of ketones is 1. The van der Waals surface area contributed by atoms with Gasteiger partial charge in [0.2, 0.25) is 0 Å². The maximum atomic E-state index is 11.1. The van der Waals surface area contributed by atoms with Crippen molar-refractivity contribution in [3.63, 3.8) is 0 Å². The van der Waals surface area contributed by atoms with Crippen LogP contribution < -0.4 is 0 Å². The van der Waals surface area contributed by atoms with Gasteiger partial charge in [0.05, 0.1) is 0 Å². The van der Waals surface area contributed by atoms with E-state index in [0.717, 1.165) is 18.3 Å². The summed E-state index contributed by atoms with van der Waals surface area (Å²) in [5, 5.41) is 0. The zero-order valence-corrected chi connectivity index (χ0v) is 14.7. The summed E-state index contributed by atoms with van der Waals surface area (Å²) in [5.74, 6) is 2.56. The van der Waals surface area contributed by atoms with Crippen molar-refractivity contribution in [3.8, 4) is 0 Å². The molecule has 1 aromatic carbocycles. The molecule has 0 aromatic heterocycles. The highest BCUT2D eigenvalue weighted by atomic mass is 16.1. The maximum absolute atomic E-state index is 11.1.